The van der Waals surface area contributed by atoms with Gasteiger partial charge in [-0.15, -0.1) is 0 Å². The quantitative estimate of drug-likeness (QED) is 0.691. The van der Waals surface area contributed by atoms with E-state index >= 15 is 0 Å². The number of rotatable bonds is 1. The summed E-state index contributed by atoms with van der Waals surface area (Å²) in [7, 11) is 0. The van der Waals surface area contributed by atoms with Crippen molar-refractivity contribution in [3.8, 4) is 0 Å². The van der Waals surface area contributed by atoms with Crippen LogP contribution in [0.1, 0.15) is 17.9 Å². The van der Waals surface area contributed by atoms with E-state index in [9.17, 15) is 4.79 Å². The van der Waals surface area contributed by atoms with Crippen LogP contribution in [0.5, 0.6) is 0 Å². The van der Waals surface area contributed by atoms with Gasteiger partial charge in [-0.25, -0.2) is 0 Å². The SMILES string of the molecule is Nc1ccc([C@@H]2CNC(=O)C2)cc1Cl. The first kappa shape index (κ1) is 9.34. The summed E-state index contributed by atoms with van der Waals surface area (Å²) in [5.74, 6) is 0.337. The molecule has 1 atom stereocenters. The molecule has 2 rings (SSSR count). The van der Waals surface area contributed by atoms with Crippen molar-refractivity contribution >= 4 is 23.2 Å². The van der Waals surface area contributed by atoms with E-state index in [4.69, 9.17) is 17.3 Å². The summed E-state index contributed by atoms with van der Waals surface area (Å²) in [5.41, 5.74) is 7.25. The highest BCUT2D eigenvalue weighted by Gasteiger charge is 2.23. The first-order valence-electron chi connectivity index (χ1n) is 4.48. The number of nitrogens with one attached hydrogen (secondary N) is 1. The molecule has 4 heteroatoms. The molecule has 14 heavy (non-hydrogen) atoms. The molecule has 1 aliphatic heterocycles. The van der Waals surface area contributed by atoms with E-state index in [0.29, 0.717) is 23.7 Å². The zero-order valence-electron chi connectivity index (χ0n) is 7.59. The van der Waals surface area contributed by atoms with Crippen molar-refractivity contribution in [2.75, 3.05) is 12.3 Å². The second-order valence-corrected chi connectivity index (χ2v) is 3.89. The molecule has 3 nitrogen and oxygen atoms in total. The second-order valence-electron chi connectivity index (χ2n) is 3.49. The summed E-state index contributed by atoms with van der Waals surface area (Å²) >= 11 is 5.90. The Morgan fingerprint density at radius 2 is 2.29 bits per heavy atom. The van der Waals surface area contributed by atoms with Crippen molar-refractivity contribution in [3.63, 3.8) is 0 Å². The molecule has 1 amide bonds. The van der Waals surface area contributed by atoms with E-state index in [1.165, 1.54) is 0 Å². The lowest BCUT2D eigenvalue weighted by Crippen LogP contribution is -2.13. The molecule has 0 aliphatic carbocycles. The lowest BCUT2D eigenvalue weighted by atomic mass is 9.98. The summed E-state index contributed by atoms with van der Waals surface area (Å²) in [5, 5.41) is 3.35. The van der Waals surface area contributed by atoms with Gasteiger partial charge >= 0.3 is 0 Å². The van der Waals surface area contributed by atoms with Crippen molar-refractivity contribution in [2.24, 2.45) is 0 Å². The number of carbonyl (C=O) groups is 1. The van der Waals surface area contributed by atoms with Crippen molar-refractivity contribution in [1.82, 2.24) is 5.32 Å². The molecular formula is C10H11ClN2O. The third-order valence-corrected chi connectivity index (χ3v) is 2.80. The highest BCUT2D eigenvalue weighted by molar-refractivity contribution is 6.33. The normalized spacial score (nSPS) is 20.9. The average Bonchev–Trinajstić information content (AvgIpc) is 2.57. The van der Waals surface area contributed by atoms with Gasteiger partial charge in [-0.05, 0) is 17.7 Å². The Labute approximate surface area is 87.2 Å². The van der Waals surface area contributed by atoms with Crippen LogP contribution in [-0.4, -0.2) is 12.5 Å². The summed E-state index contributed by atoms with van der Waals surface area (Å²) < 4.78 is 0. The highest BCUT2D eigenvalue weighted by atomic mass is 35.5. The molecule has 1 saturated heterocycles. The van der Waals surface area contributed by atoms with Crippen molar-refractivity contribution in [3.05, 3.63) is 28.8 Å². The molecule has 0 unspecified atom stereocenters. The molecule has 1 aromatic rings. The Morgan fingerprint density at radius 1 is 1.50 bits per heavy atom. The highest BCUT2D eigenvalue weighted by Crippen LogP contribution is 2.28. The average molecular weight is 211 g/mol. The third-order valence-electron chi connectivity index (χ3n) is 2.47. The fourth-order valence-corrected chi connectivity index (χ4v) is 1.83. The maximum atomic E-state index is 11.0. The maximum absolute atomic E-state index is 11.0. The molecule has 0 spiro atoms. The first-order chi connectivity index (χ1) is 6.66. The van der Waals surface area contributed by atoms with E-state index < -0.39 is 0 Å². The van der Waals surface area contributed by atoms with Crippen molar-refractivity contribution < 1.29 is 4.79 Å². The van der Waals surface area contributed by atoms with Gasteiger partial charge in [0.1, 0.15) is 0 Å². The number of carbonyl (C=O) groups excluding carboxylic acids is 1. The van der Waals surface area contributed by atoms with E-state index in [1.54, 1.807) is 6.07 Å². The molecule has 1 fully saturated rings. The molecule has 0 radical (unpaired) electrons. The molecule has 1 heterocycles. The largest absolute Gasteiger partial charge is 0.398 e. The van der Waals surface area contributed by atoms with Crippen LogP contribution in [0.4, 0.5) is 5.69 Å². The second kappa shape index (κ2) is 3.50. The topological polar surface area (TPSA) is 55.1 Å². The van der Waals surface area contributed by atoms with Gasteiger partial charge in [0.05, 0.1) is 10.7 Å². The Morgan fingerprint density at radius 3 is 2.86 bits per heavy atom. The minimum Gasteiger partial charge on any atom is -0.398 e. The Hall–Kier alpha value is -1.22. The number of halogens is 1. The standard InChI is InChI=1S/C10H11ClN2O/c11-8-3-6(1-2-9(8)12)7-4-10(14)13-5-7/h1-3,7H,4-5,12H2,(H,13,14)/t7-/m0/s1. The number of hydrogen-bond donors (Lipinski definition) is 2. The zero-order valence-corrected chi connectivity index (χ0v) is 8.34. The number of benzene rings is 1. The summed E-state index contributed by atoms with van der Waals surface area (Å²) in [4.78, 5) is 11.0. The molecule has 1 aliphatic rings. The van der Waals surface area contributed by atoms with Gasteiger partial charge in [0.2, 0.25) is 5.91 Å². The Balaban J connectivity index is 2.24. The van der Waals surface area contributed by atoms with Crippen molar-refractivity contribution in [1.29, 1.82) is 0 Å². The molecule has 0 bridgehead atoms. The number of nitrogens with two attached hydrogens (primary N) is 1. The summed E-state index contributed by atoms with van der Waals surface area (Å²) in [6.45, 7) is 0.694. The van der Waals surface area contributed by atoms with Crippen molar-refractivity contribution in [2.45, 2.75) is 12.3 Å². The number of anilines is 1. The monoisotopic (exact) mass is 210 g/mol. The van der Waals surface area contributed by atoms with Crippen LogP contribution in [0.25, 0.3) is 0 Å². The van der Waals surface area contributed by atoms with Crippen LogP contribution in [0.15, 0.2) is 18.2 Å². The van der Waals surface area contributed by atoms with Crippen LogP contribution in [0.3, 0.4) is 0 Å². The van der Waals surface area contributed by atoms with Gasteiger partial charge in [0.15, 0.2) is 0 Å². The van der Waals surface area contributed by atoms with Crippen LogP contribution < -0.4 is 11.1 Å². The number of hydrogen-bond acceptors (Lipinski definition) is 2. The van der Waals surface area contributed by atoms with Crippen LogP contribution in [0, 0.1) is 0 Å². The van der Waals surface area contributed by atoms with Gasteiger partial charge in [0.25, 0.3) is 0 Å². The molecule has 0 aromatic heterocycles. The molecular weight excluding hydrogens is 200 g/mol. The Kier molecular flexibility index (Phi) is 2.33. The Bertz CT molecular complexity index is 378. The molecule has 0 saturated carbocycles. The van der Waals surface area contributed by atoms with Gasteiger partial charge in [-0.1, -0.05) is 17.7 Å². The van der Waals surface area contributed by atoms with Gasteiger partial charge in [0, 0.05) is 18.9 Å². The van der Waals surface area contributed by atoms with Crippen LogP contribution >= 0.6 is 11.6 Å². The van der Waals surface area contributed by atoms with E-state index in [2.05, 4.69) is 5.32 Å². The van der Waals surface area contributed by atoms with Gasteiger partial charge < -0.3 is 11.1 Å². The maximum Gasteiger partial charge on any atom is 0.220 e. The van der Waals surface area contributed by atoms with E-state index in [1.807, 2.05) is 12.1 Å². The van der Waals surface area contributed by atoms with Crippen LogP contribution in [0.2, 0.25) is 5.02 Å². The molecule has 3 N–H and O–H groups in total. The number of nitrogen functional groups attached to an aromatic ring is 1. The fourth-order valence-electron chi connectivity index (χ4n) is 1.64. The summed E-state index contributed by atoms with van der Waals surface area (Å²) in [6.07, 6.45) is 0.542. The fraction of sp³-hybridized carbons (Fsp3) is 0.300. The number of amides is 1. The predicted molar refractivity (Wildman–Crippen MR) is 56.2 cm³/mol. The third kappa shape index (κ3) is 1.68. The summed E-state index contributed by atoms with van der Waals surface area (Å²) in [6, 6.07) is 5.54. The first-order valence-corrected chi connectivity index (χ1v) is 4.86. The predicted octanol–water partition coefficient (Wildman–Crippen LogP) is 1.53. The van der Waals surface area contributed by atoms with E-state index in [0.717, 1.165) is 5.56 Å². The van der Waals surface area contributed by atoms with Gasteiger partial charge in [-0.3, -0.25) is 4.79 Å². The lowest BCUT2D eigenvalue weighted by Gasteiger charge is -2.08. The van der Waals surface area contributed by atoms with E-state index in [-0.39, 0.29) is 11.8 Å². The molecule has 74 valence electrons. The lowest BCUT2D eigenvalue weighted by molar-refractivity contribution is -0.119. The smallest absolute Gasteiger partial charge is 0.220 e. The van der Waals surface area contributed by atoms with Crippen LogP contribution in [-0.2, 0) is 4.79 Å². The minimum absolute atomic E-state index is 0.1000. The van der Waals surface area contributed by atoms with Gasteiger partial charge in [-0.2, -0.15) is 0 Å². The molecule has 1 aromatic carbocycles. The zero-order chi connectivity index (χ0) is 10.1. The minimum atomic E-state index is 0.1000.